The van der Waals surface area contributed by atoms with E-state index in [1.807, 2.05) is 11.3 Å². The van der Waals surface area contributed by atoms with Crippen molar-refractivity contribution in [1.29, 1.82) is 0 Å². The molecule has 1 N–H and O–H groups in total. The van der Waals surface area contributed by atoms with Crippen molar-refractivity contribution in [3.05, 3.63) is 21.9 Å². The second-order valence-electron chi connectivity index (χ2n) is 7.00. The Kier molecular flexibility index (Phi) is 7.88. The molecule has 0 aliphatic rings. The first-order chi connectivity index (χ1) is 9.80. The molecule has 122 valence electrons. The summed E-state index contributed by atoms with van der Waals surface area (Å²) in [6.07, 6.45) is 1.24. The van der Waals surface area contributed by atoms with Crippen LogP contribution in [0.4, 0.5) is 0 Å². The molecule has 0 spiro atoms. The van der Waals surface area contributed by atoms with Crippen LogP contribution in [0.2, 0.25) is 0 Å². The third-order valence-electron chi connectivity index (χ3n) is 3.42. The van der Waals surface area contributed by atoms with Crippen molar-refractivity contribution < 1.29 is 0 Å². The molecule has 0 fully saturated rings. The van der Waals surface area contributed by atoms with Crippen LogP contribution in [-0.2, 0) is 13.1 Å². The quantitative estimate of drug-likeness (QED) is 0.754. The monoisotopic (exact) mass is 311 g/mol. The Morgan fingerprint density at radius 2 is 1.76 bits per heavy atom. The summed E-state index contributed by atoms with van der Waals surface area (Å²) in [5, 5.41) is 3.56. The van der Waals surface area contributed by atoms with Crippen molar-refractivity contribution in [3.8, 4) is 0 Å². The zero-order valence-corrected chi connectivity index (χ0v) is 15.5. The second kappa shape index (κ2) is 8.89. The van der Waals surface area contributed by atoms with Crippen molar-refractivity contribution in [2.45, 2.75) is 52.7 Å². The molecule has 21 heavy (non-hydrogen) atoms. The predicted molar refractivity (Wildman–Crippen MR) is 95.0 cm³/mol. The van der Waals surface area contributed by atoms with Gasteiger partial charge in [-0.05, 0) is 73.1 Å². The number of thiophene rings is 1. The average molecular weight is 312 g/mol. The van der Waals surface area contributed by atoms with E-state index in [4.69, 9.17) is 0 Å². The predicted octanol–water partition coefficient (Wildman–Crippen LogP) is 3.41. The maximum atomic E-state index is 3.56. The Hall–Kier alpha value is -0.420. The largest absolute Gasteiger partial charge is 0.309 e. The highest BCUT2D eigenvalue weighted by Crippen LogP contribution is 2.19. The molecule has 0 amide bonds. The Balaban J connectivity index is 2.40. The van der Waals surface area contributed by atoms with Crippen LogP contribution in [0, 0.1) is 0 Å². The first kappa shape index (κ1) is 18.6. The van der Waals surface area contributed by atoms with E-state index < -0.39 is 0 Å². The standard InChI is InChI=1S/C17H33N3S/c1-7-20(12-8-11-19(5)6)14-16-10-9-15(21-16)13-18-17(2,3)4/h9-10,18H,7-8,11-14H2,1-6H3. The Bertz CT molecular complexity index is 393. The molecule has 0 unspecified atom stereocenters. The highest BCUT2D eigenvalue weighted by Gasteiger charge is 2.10. The third-order valence-corrected chi connectivity index (χ3v) is 4.49. The lowest BCUT2D eigenvalue weighted by Gasteiger charge is -2.21. The van der Waals surface area contributed by atoms with Gasteiger partial charge in [-0.15, -0.1) is 11.3 Å². The maximum absolute atomic E-state index is 3.56. The van der Waals surface area contributed by atoms with Crippen molar-refractivity contribution in [1.82, 2.24) is 15.1 Å². The van der Waals surface area contributed by atoms with Crippen LogP contribution in [0.15, 0.2) is 12.1 Å². The first-order valence-electron chi connectivity index (χ1n) is 8.00. The molecule has 1 aromatic heterocycles. The number of rotatable bonds is 9. The van der Waals surface area contributed by atoms with Gasteiger partial charge in [0.1, 0.15) is 0 Å². The van der Waals surface area contributed by atoms with Gasteiger partial charge in [0.05, 0.1) is 0 Å². The van der Waals surface area contributed by atoms with Gasteiger partial charge in [-0.25, -0.2) is 0 Å². The summed E-state index contributed by atoms with van der Waals surface area (Å²) in [7, 11) is 4.29. The van der Waals surface area contributed by atoms with E-state index in [2.05, 4.69) is 69.0 Å². The van der Waals surface area contributed by atoms with E-state index >= 15 is 0 Å². The summed E-state index contributed by atoms with van der Waals surface area (Å²) in [6.45, 7) is 14.4. The van der Waals surface area contributed by atoms with E-state index in [0.717, 1.165) is 19.6 Å². The third kappa shape index (κ3) is 8.57. The van der Waals surface area contributed by atoms with E-state index in [1.165, 1.54) is 29.3 Å². The van der Waals surface area contributed by atoms with E-state index in [0.29, 0.717) is 0 Å². The molecule has 0 saturated carbocycles. The Morgan fingerprint density at radius 3 is 2.33 bits per heavy atom. The van der Waals surface area contributed by atoms with Gasteiger partial charge in [-0.2, -0.15) is 0 Å². The molecule has 4 heteroatoms. The van der Waals surface area contributed by atoms with Crippen molar-refractivity contribution in [2.75, 3.05) is 33.7 Å². The van der Waals surface area contributed by atoms with E-state index in [1.54, 1.807) is 0 Å². The van der Waals surface area contributed by atoms with Gasteiger partial charge in [-0.1, -0.05) is 6.92 Å². The molecular formula is C17H33N3S. The number of hydrogen-bond donors (Lipinski definition) is 1. The molecule has 0 aliphatic carbocycles. The fourth-order valence-corrected chi connectivity index (χ4v) is 3.13. The van der Waals surface area contributed by atoms with Gasteiger partial charge in [0.25, 0.3) is 0 Å². The lowest BCUT2D eigenvalue weighted by molar-refractivity contribution is 0.261. The fourth-order valence-electron chi connectivity index (χ4n) is 2.13. The average Bonchev–Trinajstić information content (AvgIpc) is 2.81. The van der Waals surface area contributed by atoms with Crippen molar-refractivity contribution >= 4 is 11.3 Å². The van der Waals surface area contributed by atoms with E-state index in [-0.39, 0.29) is 5.54 Å². The van der Waals surface area contributed by atoms with Crippen LogP contribution in [0.1, 0.15) is 43.9 Å². The second-order valence-corrected chi connectivity index (χ2v) is 8.25. The molecule has 0 bridgehead atoms. The van der Waals surface area contributed by atoms with Gasteiger partial charge < -0.3 is 10.2 Å². The highest BCUT2D eigenvalue weighted by molar-refractivity contribution is 7.11. The maximum Gasteiger partial charge on any atom is 0.0327 e. The summed E-state index contributed by atoms with van der Waals surface area (Å²) in [6, 6.07) is 4.56. The number of hydrogen-bond acceptors (Lipinski definition) is 4. The molecular weight excluding hydrogens is 278 g/mol. The van der Waals surface area contributed by atoms with Gasteiger partial charge >= 0.3 is 0 Å². The van der Waals surface area contributed by atoms with Gasteiger partial charge in [0.2, 0.25) is 0 Å². The van der Waals surface area contributed by atoms with Crippen LogP contribution in [0.25, 0.3) is 0 Å². The molecule has 1 aromatic rings. The molecule has 1 heterocycles. The molecule has 0 aromatic carbocycles. The molecule has 0 aliphatic heterocycles. The minimum Gasteiger partial charge on any atom is -0.309 e. The fraction of sp³-hybridized carbons (Fsp3) is 0.765. The summed E-state index contributed by atoms with van der Waals surface area (Å²) < 4.78 is 0. The summed E-state index contributed by atoms with van der Waals surface area (Å²) >= 11 is 1.94. The summed E-state index contributed by atoms with van der Waals surface area (Å²) in [4.78, 5) is 7.71. The van der Waals surface area contributed by atoms with Gasteiger partial charge in [0, 0.05) is 28.4 Å². The Morgan fingerprint density at radius 1 is 1.10 bits per heavy atom. The topological polar surface area (TPSA) is 18.5 Å². The van der Waals surface area contributed by atoms with Crippen molar-refractivity contribution in [3.63, 3.8) is 0 Å². The van der Waals surface area contributed by atoms with Crippen LogP contribution >= 0.6 is 11.3 Å². The SMILES string of the molecule is CCN(CCCN(C)C)Cc1ccc(CNC(C)(C)C)s1. The molecule has 0 atom stereocenters. The lowest BCUT2D eigenvalue weighted by Crippen LogP contribution is -2.34. The number of nitrogens with one attached hydrogen (secondary N) is 1. The van der Waals surface area contributed by atoms with Crippen LogP contribution in [0.3, 0.4) is 0 Å². The molecule has 3 nitrogen and oxygen atoms in total. The normalized spacial score (nSPS) is 12.6. The van der Waals surface area contributed by atoms with Crippen molar-refractivity contribution in [2.24, 2.45) is 0 Å². The first-order valence-corrected chi connectivity index (χ1v) is 8.81. The number of nitrogens with zero attached hydrogens (tertiary/aromatic N) is 2. The molecule has 0 saturated heterocycles. The minimum atomic E-state index is 0.186. The van der Waals surface area contributed by atoms with Gasteiger partial charge in [0.15, 0.2) is 0 Å². The van der Waals surface area contributed by atoms with Crippen LogP contribution in [-0.4, -0.2) is 49.1 Å². The summed E-state index contributed by atoms with van der Waals surface area (Å²) in [5.74, 6) is 0. The minimum absolute atomic E-state index is 0.186. The molecule has 1 rings (SSSR count). The zero-order chi connectivity index (χ0) is 15.9. The highest BCUT2D eigenvalue weighted by atomic mass is 32.1. The van der Waals surface area contributed by atoms with Crippen LogP contribution in [0.5, 0.6) is 0 Å². The van der Waals surface area contributed by atoms with Gasteiger partial charge in [-0.3, -0.25) is 4.90 Å². The van der Waals surface area contributed by atoms with Crippen LogP contribution < -0.4 is 5.32 Å². The summed E-state index contributed by atoms with van der Waals surface area (Å²) in [5.41, 5.74) is 0.186. The zero-order valence-electron chi connectivity index (χ0n) is 14.7. The van der Waals surface area contributed by atoms with E-state index in [9.17, 15) is 0 Å². The lowest BCUT2D eigenvalue weighted by atomic mass is 10.1. The molecule has 0 radical (unpaired) electrons. The smallest absolute Gasteiger partial charge is 0.0327 e. The Labute approximate surface area is 135 Å².